The van der Waals surface area contributed by atoms with E-state index in [0.717, 1.165) is 32.3 Å². The molecule has 206 valence electrons. The molecule has 6 rings (SSSR count). The maximum Gasteiger partial charge on any atom is 0.269 e. The fraction of sp³-hybridized carbons (Fsp3) is 0.161. The number of hydrazone groups is 1. The summed E-state index contributed by atoms with van der Waals surface area (Å²) >= 11 is 1.63. The molecule has 2 heterocycles. The van der Waals surface area contributed by atoms with Crippen molar-refractivity contribution in [3.8, 4) is 11.5 Å². The number of hydrogen-bond acceptors (Lipinski definition) is 8. The molecule has 1 atom stereocenters. The van der Waals surface area contributed by atoms with Gasteiger partial charge >= 0.3 is 0 Å². The lowest BCUT2D eigenvalue weighted by Gasteiger charge is -2.33. The largest absolute Gasteiger partial charge is 0.504 e. The van der Waals surface area contributed by atoms with Crippen molar-refractivity contribution >= 4 is 40.4 Å². The molecule has 41 heavy (non-hydrogen) atoms. The molecule has 0 spiro atoms. The summed E-state index contributed by atoms with van der Waals surface area (Å²) in [5.41, 5.74) is 3.91. The number of nitro groups is 1. The third-order valence-corrected chi connectivity index (χ3v) is 8.18. The quantitative estimate of drug-likeness (QED) is 0.196. The molecular formula is C31H26N4O5S. The lowest BCUT2D eigenvalue weighted by atomic mass is 9.98. The van der Waals surface area contributed by atoms with Crippen LogP contribution in [0.3, 0.4) is 0 Å². The van der Waals surface area contributed by atoms with Gasteiger partial charge in [-0.3, -0.25) is 24.8 Å². The smallest absolute Gasteiger partial charge is 0.269 e. The van der Waals surface area contributed by atoms with Gasteiger partial charge < -0.3 is 9.84 Å². The topological polar surface area (TPSA) is 109 Å². The number of nitro benzene ring substituents is 1. The first-order chi connectivity index (χ1) is 19.9. The number of phenols is 1. The molecule has 0 radical (unpaired) electrons. The first-order valence-electron chi connectivity index (χ1n) is 13.2. The molecule has 2 aliphatic rings. The van der Waals surface area contributed by atoms with Crippen molar-refractivity contribution in [2.24, 2.45) is 5.10 Å². The molecule has 0 saturated carbocycles. The molecule has 0 aromatic heterocycles. The van der Waals surface area contributed by atoms with Gasteiger partial charge in [-0.15, -0.1) is 0 Å². The van der Waals surface area contributed by atoms with Crippen molar-refractivity contribution in [1.82, 2.24) is 5.01 Å². The Bertz CT molecular complexity index is 1630. The van der Waals surface area contributed by atoms with Gasteiger partial charge in [0.25, 0.3) is 11.6 Å². The van der Waals surface area contributed by atoms with Gasteiger partial charge in [0.15, 0.2) is 11.5 Å². The number of hydrogen-bond donors (Lipinski definition) is 1. The Balaban J connectivity index is 1.37. The van der Waals surface area contributed by atoms with Gasteiger partial charge in [0.1, 0.15) is 6.54 Å². The molecule has 2 aliphatic heterocycles. The van der Waals surface area contributed by atoms with Gasteiger partial charge in [-0.2, -0.15) is 5.10 Å². The molecule has 4 aromatic rings. The number of amides is 1. The Morgan fingerprint density at radius 2 is 1.68 bits per heavy atom. The number of ether oxygens (including phenoxy) is 1. The summed E-state index contributed by atoms with van der Waals surface area (Å²) in [6, 6.07) is 26.7. The van der Waals surface area contributed by atoms with Crippen LogP contribution in [0.15, 0.2) is 106 Å². The second-order valence-electron chi connectivity index (χ2n) is 9.60. The minimum absolute atomic E-state index is 0.00359. The van der Waals surface area contributed by atoms with Crippen molar-refractivity contribution in [3.05, 3.63) is 112 Å². The van der Waals surface area contributed by atoms with Crippen LogP contribution in [-0.2, 0) is 4.79 Å². The van der Waals surface area contributed by atoms with Gasteiger partial charge in [-0.05, 0) is 66.6 Å². The Morgan fingerprint density at radius 1 is 1.02 bits per heavy atom. The number of carbonyl (C=O) groups excluding carboxylic acids is 1. The van der Waals surface area contributed by atoms with Gasteiger partial charge in [-0.1, -0.05) is 42.1 Å². The average molecular weight is 567 g/mol. The van der Waals surface area contributed by atoms with Crippen LogP contribution in [0.2, 0.25) is 0 Å². The summed E-state index contributed by atoms with van der Waals surface area (Å²) in [5, 5.41) is 28.1. The number of benzene rings is 4. The third kappa shape index (κ3) is 5.09. The van der Waals surface area contributed by atoms with Gasteiger partial charge in [0, 0.05) is 28.3 Å². The number of anilines is 2. The summed E-state index contributed by atoms with van der Waals surface area (Å²) in [4.78, 5) is 28.6. The number of carbonyl (C=O) groups is 1. The van der Waals surface area contributed by atoms with E-state index in [1.54, 1.807) is 52.0 Å². The van der Waals surface area contributed by atoms with E-state index in [-0.39, 0.29) is 29.9 Å². The summed E-state index contributed by atoms with van der Waals surface area (Å²) in [6.45, 7) is 2.22. The van der Waals surface area contributed by atoms with E-state index in [0.29, 0.717) is 24.5 Å². The Morgan fingerprint density at radius 3 is 2.32 bits per heavy atom. The second-order valence-corrected chi connectivity index (χ2v) is 10.7. The van der Waals surface area contributed by atoms with E-state index in [4.69, 9.17) is 9.84 Å². The van der Waals surface area contributed by atoms with Crippen LogP contribution in [0.5, 0.6) is 11.5 Å². The van der Waals surface area contributed by atoms with Crippen LogP contribution in [0.25, 0.3) is 0 Å². The van der Waals surface area contributed by atoms with E-state index < -0.39 is 4.92 Å². The van der Waals surface area contributed by atoms with E-state index in [2.05, 4.69) is 0 Å². The summed E-state index contributed by atoms with van der Waals surface area (Å²) in [6.07, 6.45) is 0.463. The molecule has 1 unspecified atom stereocenters. The van der Waals surface area contributed by atoms with Crippen molar-refractivity contribution in [2.45, 2.75) is 29.2 Å². The molecule has 1 N–H and O–H groups in total. The van der Waals surface area contributed by atoms with Crippen LogP contribution >= 0.6 is 11.8 Å². The molecule has 1 amide bonds. The summed E-state index contributed by atoms with van der Waals surface area (Å²) in [5.74, 6) is 0.246. The summed E-state index contributed by atoms with van der Waals surface area (Å²) in [7, 11) is 0. The number of phenolic OH excluding ortho intramolecular Hbond substituents is 1. The zero-order valence-electron chi connectivity index (χ0n) is 22.1. The molecular weight excluding hydrogens is 540 g/mol. The second kappa shape index (κ2) is 11.0. The first kappa shape index (κ1) is 26.4. The van der Waals surface area contributed by atoms with Gasteiger partial charge in [0.2, 0.25) is 0 Å². The zero-order valence-corrected chi connectivity index (χ0v) is 23.0. The maximum absolute atomic E-state index is 14.1. The minimum atomic E-state index is -0.438. The molecule has 0 saturated heterocycles. The number of non-ortho nitro benzene ring substituents is 1. The predicted octanol–water partition coefficient (Wildman–Crippen LogP) is 6.68. The number of fused-ring (bicyclic) bond motifs is 2. The highest BCUT2D eigenvalue weighted by Gasteiger charge is 2.34. The Labute approximate surface area is 240 Å². The standard InChI is InChI=1S/C31H26N4O5S/c1-2-40-28-17-21(13-16-27(28)36)26-18-23(20-11-14-22(15-12-20)35(38)39)32-33(26)19-31(37)34-24-7-3-5-9-29(24)41-30-10-6-4-8-25(30)34/h3-17,26,36H,2,18-19H2,1H3. The number of para-hydroxylation sites is 2. The maximum atomic E-state index is 14.1. The van der Waals surface area contributed by atoms with E-state index in [9.17, 15) is 20.0 Å². The molecule has 10 heteroatoms. The first-order valence-corrected chi connectivity index (χ1v) is 14.0. The number of rotatable bonds is 7. The summed E-state index contributed by atoms with van der Waals surface area (Å²) < 4.78 is 5.63. The lowest BCUT2D eigenvalue weighted by molar-refractivity contribution is -0.384. The monoisotopic (exact) mass is 566 g/mol. The fourth-order valence-corrected chi connectivity index (χ4v) is 6.19. The van der Waals surface area contributed by atoms with Gasteiger partial charge in [0.05, 0.1) is 34.7 Å². The Hall–Kier alpha value is -4.83. The fourth-order valence-electron chi connectivity index (χ4n) is 5.13. The van der Waals surface area contributed by atoms with Crippen LogP contribution < -0.4 is 9.64 Å². The van der Waals surface area contributed by atoms with Gasteiger partial charge in [-0.25, -0.2) is 0 Å². The average Bonchev–Trinajstić information content (AvgIpc) is 3.40. The third-order valence-electron chi connectivity index (χ3n) is 7.05. The number of nitrogens with zero attached hydrogens (tertiary/aromatic N) is 4. The molecule has 0 fully saturated rings. The van der Waals surface area contributed by atoms with Crippen molar-refractivity contribution in [3.63, 3.8) is 0 Å². The number of aromatic hydroxyl groups is 1. The minimum Gasteiger partial charge on any atom is -0.504 e. The SMILES string of the molecule is CCOc1cc(C2CC(c3ccc([N+](=O)[O-])cc3)=NN2CC(=O)N2c3ccccc3Sc3ccccc32)ccc1O. The van der Waals surface area contributed by atoms with E-state index in [1.165, 1.54) is 12.1 Å². The zero-order chi connectivity index (χ0) is 28.5. The lowest BCUT2D eigenvalue weighted by Crippen LogP contribution is -2.37. The van der Waals surface area contributed by atoms with E-state index in [1.807, 2.05) is 55.5 Å². The van der Waals surface area contributed by atoms with Crippen molar-refractivity contribution < 1.29 is 19.6 Å². The molecule has 0 bridgehead atoms. The highest BCUT2D eigenvalue weighted by atomic mass is 32.2. The Kier molecular flexibility index (Phi) is 7.07. The predicted molar refractivity (Wildman–Crippen MR) is 157 cm³/mol. The highest BCUT2D eigenvalue weighted by molar-refractivity contribution is 7.99. The highest BCUT2D eigenvalue weighted by Crippen LogP contribution is 2.48. The van der Waals surface area contributed by atoms with Crippen LogP contribution in [0, 0.1) is 10.1 Å². The molecule has 4 aromatic carbocycles. The van der Waals surface area contributed by atoms with Crippen LogP contribution in [-0.4, -0.2) is 39.8 Å². The van der Waals surface area contributed by atoms with E-state index >= 15 is 0 Å². The van der Waals surface area contributed by atoms with Crippen LogP contribution in [0.1, 0.15) is 30.5 Å². The molecule has 9 nitrogen and oxygen atoms in total. The van der Waals surface area contributed by atoms with Crippen molar-refractivity contribution in [1.29, 1.82) is 0 Å². The molecule has 0 aliphatic carbocycles. The normalized spacial score (nSPS) is 15.6. The van der Waals surface area contributed by atoms with Crippen LogP contribution in [0.4, 0.5) is 17.1 Å². The van der Waals surface area contributed by atoms with Crippen molar-refractivity contribution in [2.75, 3.05) is 18.1 Å².